The summed E-state index contributed by atoms with van der Waals surface area (Å²) in [5, 5.41) is 0. The molecule has 0 spiro atoms. The molecular formula is C21H31BrN2O3S. The van der Waals surface area contributed by atoms with E-state index >= 15 is 0 Å². The van der Waals surface area contributed by atoms with E-state index in [9.17, 15) is 13.2 Å². The number of carbonyl (C=O) groups is 1. The predicted molar refractivity (Wildman–Crippen MR) is 114 cm³/mol. The Hall–Kier alpha value is -0.920. The van der Waals surface area contributed by atoms with Gasteiger partial charge < -0.3 is 4.90 Å². The van der Waals surface area contributed by atoms with Crippen LogP contribution in [0, 0.1) is 11.3 Å². The SMILES string of the molecule is CC(C)(C)C1CCCN1C(=O)[C@H]1CC[C@H](NS(=O)(=O)c2ccc(Br)cc2)CC1. The zero-order valence-corrected chi connectivity index (χ0v) is 19.4. The summed E-state index contributed by atoms with van der Waals surface area (Å²) in [4.78, 5) is 15.5. The Morgan fingerprint density at radius 3 is 2.25 bits per heavy atom. The lowest BCUT2D eigenvalue weighted by Crippen LogP contribution is -2.47. The Morgan fingerprint density at radius 2 is 1.68 bits per heavy atom. The largest absolute Gasteiger partial charge is 0.339 e. The number of sulfonamides is 1. The third-order valence-electron chi connectivity index (χ3n) is 6.06. The summed E-state index contributed by atoms with van der Waals surface area (Å²) in [7, 11) is -3.52. The first-order valence-corrected chi connectivity index (χ1v) is 12.4. The maximum atomic E-state index is 13.1. The second kappa shape index (κ2) is 8.44. The van der Waals surface area contributed by atoms with E-state index in [1.807, 2.05) is 0 Å². The van der Waals surface area contributed by atoms with Gasteiger partial charge >= 0.3 is 0 Å². The maximum Gasteiger partial charge on any atom is 0.240 e. The first kappa shape index (κ1) is 21.8. The van der Waals surface area contributed by atoms with Gasteiger partial charge in [-0.05, 0) is 68.2 Å². The Bertz CT molecular complexity index is 794. The van der Waals surface area contributed by atoms with Crippen LogP contribution in [0.3, 0.4) is 0 Å². The number of carbonyl (C=O) groups excluding carboxylic acids is 1. The summed E-state index contributed by atoms with van der Waals surface area (Å²) in [6.07, 6.45) is 5.08. The van der Waals surface area contributed by atoms with E-state index in [1.54, 1.807) is 24.3 Å². The number of rotatable bonds is 4. The van der Waals surface area contributed by atoms with Crippen LogP contribution in [0.15, 0.2) is 33.6 Å². The van der Waals surface area contributed by atoms with Gasteiger partial charge in [0.15, 0.2) is 0 Å². The van der Waals surface area contributed by atoms with E-state index in [2.05, 4.69) is 46.3 Å². The zero-order valence-electron chi connectivity index (χ0n) is 16.9. The summed E-state index contributed by atoms with van der Waals surface area (Å²) < 4.78 is 28.8. The van der Waals surface area contributed by atoms with Crippen molar-refractivity contribution in [2.45, 2.75) is 76.3 Å². The van der Waals surface area contributed by atoms with Crippen LogP contribution >= 0.6 is 15.9 Å². The van der Waals surface area contributed by atoms with Gasteiger partial charge in [0.05, 0.1) is 4.90 Å². The molecule has 5 nitrogen and oxygen atoms in total. The van der Waals surface area contributed by atoms with Gasteiger partial charge in [-0.15, -0.1) is 0 Å². The summed E-state index contributed by atoms with van der Waals surface area (Å²) in [6.45, 7) is 7.47. The van der Waals surface area contributed by atoms with Crippen molar-refractivity contribution in [3.05, 3.63) is 28.7 Å². The molecule has 1 saturated heterocycles. The Balaban J connectivity index is 1.57. The van der Waals surface area contributed by atoms with Crippen molar-refractivity contribution in [1.82, 2.24) is 9.62 Å². The number of hydrogen-bond acceptors (Lipinski definition) is 3. The molecule has 0 aromatic heterocycles. The monoisotopic (exact) mass is 470 g/mol. The van der Waals surface area contributed by atoms with E-state index in [-0.39, 0.29) is 28.2 Å². The van der Waals surface area contributed by atoms with E-state index in [0.717, 1.165) is 36.7 Å². The molecule has 156 valence electrons. The van der Waals surface area contributed by atoms with Gasteiger partial charge in [-0.25, -0.2) is 13.1 Å². The van der Waals surface area contributed by atoms with Crippen molar-refractivity contribution in [2.24, 2.45) is 11.3 Å². The first-order valence-electron chi connectivity index (χ1n) is 10.2. The van der Waals surface area contributed by atoms with E-state index in [1.165, 1.54) is 0 Å². The third kappa shape index (κ3) is 4.97. The highest BCUT2D eigenvalue weighted by Crippen LogP contribution is 2.36. The lowest BCUT2D eigenvalue weighted by molar-refractivity contribution is -0.139. The van der Waals surface area contributed by atoms with Crippen LogP contribution < -0.4 is 4.72 Å². The lowest BCUT2D eigenvalue weighted by atomic mass is 9.82. The molecule has 1 aliphatic carbocycles. The molecule has 1 N–H and O–H groups in total. The van der Waals surface area contributed by atoms with Gasteiger partial charge in [-0.3, -0.25) is 4.79 Å². The molecule has 7 heteroatoms. The van der Waals surface area contributed by atoms with E-state index in [0.29, 0.717) is 18.9 Å². The molecule has 1 aromatic carbocycles. The highest BCUT2D eigenvalue weighted by molar-refractivity contribution is 9.10. The van der Waals surface area contributed by atoms with Crippen LogP contribution in [-0.4, -0.2) is 37.9 Å². The topological polar surface area (TPSA) is 66.5 Å². The van der Waals surface area contributed by atoms with Crippen molar-refractivity contribution < 1.29 is 13.2 Å². The molecule has 2 fully saturated rings. The molecule has 0 radical (unpaired) electrons. The molecule has 3 rings (SSSR count). The normalized spacial score (nSPS) is 26.4. The standard InChI is InChI=1S/C21H31BrN2O3S/c1-21(2,3)19-5-4-14-24(19)20(25)15-6-10-17(11-7-15)23-28(26,27)18-12-8-16(22)9-13-18/h8-9,12-13,15,17,19,23H,4-7,10-11,14H2,1-3H3/t15-,17-,19?. The number of nitrogens with zero attached hydrogens (tertiary/aromatic N) is 1. The van der Waals surface area contributed by atoms with Crippen LogP contribution in [-0.2, 0) is 14.8 Å². The molecule has 1 aliphatic heterocycles. The Labute approximate surface area is 177 Å². The molecule has 1 aromatic rings. The van der Waals surface area contributed by atoms with Gasteiger partial charge in [0.2, 0.25) is 15.9 Å². The molecule has 1 heterocycles. The summed E-state index contributed by atoms with van der Waals surface area (Å²) in [5.74, 6) is 0.294. The molecule has 1 saturated carbocycles. The van der Waals surface area contributed by atoms with Crippen molar-refractivity contribution >= 4 is 31.9 Å². The number of amides is 1. The van der Waals surface area contributed by atoms with Crippen LogP contribution in [0.1, 0.15) is 59.3 Å². The predicted octanol–water partition coefficient (Wildman–Crippen LogP) is 4.32. The van der Waals surface area contributed by atoms with Gasteiger partial charge in [0.25, 0.3) is 0 Å². The second-order valence-corrected chi connectivity index (χ2v) is 11.8. The molecule has 1 amide bonds. The Morgan fingerprint density at radius 1 is 1.07 bits per heavy atom. The summed E-state index contributed by atoms with van der Waals surface area (Å²) in [6, 6.07) is 6.86. The minimum absolute atomic E-state index is 0.0244. The van der Waals surface area contributed by atoms with Gasteiger partial charge in [-0.2, -0.15) is 0 Å². The van der Waals surface area contributed by atoms with Crippen LogP contribution in [0.25, 0.3) is 0 Å². The average molecular weight is 471 g/mol. The minimum Gasteiger partial charge on any atom is -0.339 e. The Kier molecular flexibility index (Phi) is 6.57. The first-order chi connectivity index (χ1) is 13.1. The number of benzene rings is 1. The molecular weight excluding hydrogens is 440 g/mol. The number of halogens is 1. The quantitative estimate of drug-likeness (QED) is 0.711. The molecule has 0 bridgehead atoms. The molecule has 28 heavy (non-hydrogen) atoms. The smallest absolute Gasteiger partial charge is 0.240 e. The van der Waals surface area contributed by atoms with Crippen molar-refractivity contribution in [1.29, 1.82) is 0 Å². The van der Waals surface area contributed by atoms with Gasteiger partial charge in [0, 0.05) is 29.0 Å². The second-order valence-electron chi connectivity index (χ2n) is 9.18. The summed E-state index contributed by atoms with van der Waals surface area (Å²) >= 11 is 3.32. The minimum atomic E-state index is -3.52. The highest BCUT2D eigenvalue weighted by Gasteiger charge is 2.40. The number of hydrogen-bond donors (Lipinski definition) is 1. The van der Waals surface area contributed by atoms with Crippen molar-refractivity contribution in [2.75, 3.05) is 6.54 Å². The highest BCUT2D eigenvalue weighted by atomic mass is 79.9. The number of nitrogens with one attached hydrogen (secondary N) is 1. The fraction of sp³-hybridized carbons (Fsp3) is 0.667. The van der Waals surface area contributed by atoms with E-state index < -0.39 is 10.0 Å². The van der Waals surface area contributed by atoms with Gasteiger partial charge in [0.1, 0.15) is 0 Å². The van der Waals surface area contributed by atoms with Crippen molar-refractivity contribution in [3.8, 4) is 0 Å². The summed E-state index contributed by atoms with van der Waals surface area (Å²) in [5.41, 5.74) is 0.101. The lowest BCUT2D eigenvalue weighted by Gasteiger charge is -2.38. The van der Waals surface area contributed by atoms with Crippen LogP contribution in [0.4, 0.5) is 0 Å². The third-order valence-corrected chi connectivity index (χ3v) is 8.12. The van der Waals surface area contributed by atoms with Crippen molar-refractivity contribution in [3.63, 3.8) is 0 Å². The molecule has 2 aliphatic rings. The molecule has 1 unspecified atom stereocenters. The fourth-order valence-corrected chi connectivity index (χ4v) is 6.09. The van der Waals surface area contributed by atoms with Crippen LogP contribution in [0.5, 0.6) is 0 Å². The average Bonchev–Trinajstić information content (AvgIpc) is 3.12. The zero-order chi connectivity index (χ0) is 20.5. The maximum absolute atomic E-state index is 13.1. The fourth-order valence-electron chi connectivity index (χ4n) is 4.52. The number of likely N-dealkylation sites (tertiary alicyclic amines) is 1. The van der Waals surface area contributed by atoms with Crippen LogP contribution in [0.2, 0.25) is 0 Å². The van der Waals surface area contributed by atoms with Gasteiger partial charge in [-0.1, -0.05) is 36.7 Å². The van der Waals surface area contributed by atoms with E-state index in [4.69, 9.17) is 0 Å². The molecule has 1 atom stereocenters.